The molecule has 11 nitrogen and oxygen atoms in total. The molecule has 23 heavy (non-hydrogen) atoms. The van der Waals surface area contributed by atoms with E-state index in [1.165, 1.54) is 0 Å². The van der Waals surface area contributed by atoms with E-state index in [4.69, 9.17) is 15.9 Å². The number of aliphatic hydroxyl groups excluding tert-OH is 3. The first-order valence-electron chi connectivity index (χ1n) is 6.43. The number of carbonyl (C=O) groups is 1. The second-order valence-electron chi connectivity index (χ2n) is 5.03. The Morgan fingerprint density at radius 3 is 2.65 bits per heavy atom. The van der Waals surface area contributed by atoms with Crippen LogP contribution in [-0.2, 0) is 9.53 Å². The van der Waals surface area contributed by atoms with Crippen LogP contribution < -0.4 is 5.73 Å². The summed E-state index contributed by atoms with van der Waals surface area (Å²) in [6.45, 7) is -0.936. The summed E-state index contributed by atoms with van der Waals surface area (Å²) in [5.74, 6) is -6.14. The van der Waals surface area contributed by atoms with E-state index in [0.29, 0.717) is 4.68 Å². The number of carboxylic acids is 1. The summed E-state index contributed by atoms with van der Waals surface area (Å²) in [5, 5.41) is 46.9. The van der Waals surface area contributed by atoms with Gasteiger partial charge < -0.3 is 30.9 Å². The summed E-state index contributed by atoms with van der Waals surface area (Å²) in [5.41, 5.74) is 5.73. The van der Waals surface area contributed by atoms with Crippen LogP contribution in [0.1, 0.15) is 6.04 Å². The van der Waals surface area contributed by atoms with Crippen molar-refractivity contribution in [1.29, 1.82) is 0 Å². The highest BCUT2D eigenvalue weighted by molar-refractivity contribution is 5.76. The molecule has 1 fully saturated rings. The first-order valence-corrected chi connectivity index (χ1v) is 6.43. The lowest BCUT2D eigenvalue weighted by molar-refractivity contribution is -0.281. The number of carboxylic acid groups (broad SMARTS) is 1. The van der Waals surface area contributed by atoms with Gasteiger partial charge in [0.15, 0.2) is 6.17 Å². The molecule has 1 saturated heterocycles. The van der Waals surface area contributed by atoms with Crippen LogP contribution in [0.5, 0.6) is 0 Å². The Labute approximate surface area is 127 Å². The molecule has 0 aliphatic carbocycles. The molecule has 2 unspecified atom stereocenters. The number of tetrazole rings is 1. The molecule has 13 heteroatoms. The summed E-state index contributed by atoms with van der Waals surface area (Å²) in [4.78, 5) is 11.1. The Morgan fingerprint density at radius 2 is 2.17 bits per heavy atom. The summed E-state index contributed by atoms with van der Waals surface area (Å²) >= 11 is 0. The van der Waals surface area contributed by atoms with Gasteiger partial charge in [0.05, 0.1) is 12.6 Å². The van der Waals surface area contributed by atoms with Crippen LogP contribution in [0.3, 0.4) is 0 Å². The van der Waals surface area contributed by atoms with Crippen molar-refractivity contribution in [1.82, 2.24) is 20.2 Å². The number of aliphatic carboxylic acids is 1. The van der Waals surface area contributed by atoms with E-state index in [1.807, 2.05) is 0 Å². The lowest BCUT2D eigenvalue weighted by atomic mass is 9.87. The topological polar surface area (TPSA) is 177 Å². The first-order chi connectivity index (χ1) is 10.7. The summed E-state index contributed by atoms with van der Waals surface area (Å²) < 4.78 is 34.1. The average molecular weight is 339 g/mol. The van der Waals surface area contributed by atoms with Crippen LogP contribution >= 0.6 is 0 Å². The normalized spacial score (nSPS) is 37.3. The SMILES string of the molecule is N[C@H]1[C@H]([C@H](O)[C@H](O)CO)OC(F)(C(=O)O)C(F)[C@@H]1n1cnnn1. The molecule has 2 rings (SSSR count). The van der Waals surface area contributed by atoms with Crippen molar-refractivity contribution in [2.45, 2.75) is 42.4 Å². The van der Waals surface area contributed by atoms with E-state index in [9.17, 15) is 23.8 Å². The maximum atomic E-state index is 14.5. The Hall–Kier alpha value is -1.80. The lowest BCUT2D eigenvalue weighted by Gasteiger charge is -2.45. The van der Waals surface area contributed by atoms with E-state index < -0.39 is 55.0 Å². The predicted octanol–water partition coefficient (Wildman–Crippen LogP) is -3.26. The molecule has 1 aromatic rings. The number of halogens is 2. The minimum absolute atomic E-state index is 0.695. The molecular weight excluding hydrogens is 324 g/mol. The van der Waals surface area contributed by atoms with Gasteiger partial charge in [0.25, 0.3) is 0 Å². The molecule has 2 heterocycles. The van der Waals surface area contributed by atoms with E-state index in [2.05, 4.69) is 20.3 Å². The van der Waals surface area contributed by atoms with Crippen molar-refractivity contribution in [3.05, 3.63) is 6.33 Å². The largest absolute Gasteiger partial charge is 0.477 e. The molecule has 1 aliphatic rings. The molecule has 0 saturated carbocycles. The second kappa shape index (κ2) is 6.37. The number of ether oxygens (including phenoxy) is 1. The molecule has 130 valence electrons. The van der Waals surface area contributed by atoms with Gasteiger partial charge in [0, 0.05) is 0 Å². The van der Waals surface area contributed by atoms with E-state index in [1.54, 1.807) is 0 Å². The summed E-state index contributed by atoms with van der Waals surface area (Å²) in [6, 6.07) is -3.25. The molecule has 0 aromatic carbocycles. The quantitative estimate of drug-likeness (QED) is 0.366. The van der Waals surface area contributed by atoms with Crippen LogP contribution in [0.15, 0.2) is 6.33 Å². The second-order valence-corrected chi connectivity index (χ2v) is 5.03. The van der Waals surface area contributed by atoms with Crippen molar-refractivity contribution < 1.29 is 38.7 Å². The number of hydrogen-bond acceptors (Lipinski definition) is 9. The van der Waals surface area contributed by atoms with Crippen LogP contribution in [-0.4, -0.2) is 89.6 Å². The van der Waals surface area contributed by atoms with Crippen molar-refractivity contribution >= 4 is 5.97 Å². The zero-order chi connectivity index (χ0) is 17.4. The predicted molar refractivity (Wildman–Crippen MR) is 65.2 cm³/mol. The van der Waals surface area contributed by atoms with Crippen LogP contribution in [0.4, 0.5) is 8.78 Å². The maximum absolute atomic E-state index is 14.5. The van der Waals surface area contributed by atoms with Crippen LogP contribution in [0.25, 0.3) is 0 Å². The number of aromatic nitrogens is 4. The minimum Gasteiger partial charge on any atom is -0.477 e. The number of hydrogen-bond donors (Lipinski definition) is 5. The number of nitrogens with zero attached hydrogens (tertiary/aromatic N) is 4. The third-order valence-corrected chi connectivity index (χ3v) is 3.62. The fraction of sp³-hybridized carbons (Fsp3) is 0.800. The van der Waals surface area contributed by atoms with Gasteiger partial charge in [-0.05, 0) is 10.4 Å². The molecule has 0 spiro atoms. The van der Waals surface area contributed by atoms with E-state index in [-0.39, 0.29) is 0 Å². The molecule has 7 atom stereocenters. The van der Waals surface area contributed by atoms with Crippen molar-refractivity contribution in [2.75, 3.05) is 6.61 Å². The zero-order valence-electron chi connectivity index (χ0n) is 11.5. The van der Waals surface area contributed by atoms with E-state index in [0.717, 1.165) is 6.33 Å². The first kappa shape index (κ1) is 17.6. The highest BCUT2D eigenvalue weighted by Gasteiger charge is 2.63. The monoisotopic (exact) mass is 339 g/mol. The smallest absolute Gasteiger partial charge is 0.372 e. The fourth-order valence-electron chi connectivity index (χ4n) is 2.36. The third kappa shape index (κ3) is 2.88. The van der Waals surface area contributed by atoms with E-state index >= 15 is 0 Å². The number of aliphatic hydroxyl groups is 3. The standard InChI is InChI=1S/C10H15F2N5O6/c11-8-5(17-2-14-15-16-17)4(13)7(6(20)3(19)1-18)23-10(8,12)9(21)22/h2-8,18-20H,1,13H2,(H,21,22)/t3-,4-,5-,6-,7-,8?,10?/m1/s1. The molecule has 6 N–H and O–H groups in total. The Balaban J connectivity index is 2.43. The lowest BCUT2D eigenvalue weighted by Crippen LogP contribution is -2.67. The number of nitrogens with two attached hydrogens (primary N) is 1. The fourth-order valence-corrected chi connectivity index (χ4v) is 2.36. The molecular formula is C10H15F2N5O6. The van der Waals surface area contributed by atoms with Gasteiger partial charge in [-0.15, -0.1) is 5.10 Å². The van der Waals surface area contributed by atoms with Gasteiger partial charge in [-0.2, -0.15) is 4.39 Å². The Morgan fingerprint density at radius 1 is 1.52 bits per heavy atom. The molecule has 1 aromatic heterocycles. The van der Waals surface area contributed by atoms with Crippen LogP contribution in [0.2, 0.25) is 0 Å². The number of alkyl halides is 2. The summed E-state index contributed by atoms with van der Waals surface area (Å²) in [7, 11) is 0. The molecule has 0 amide bonds. The van der Waals surface area contributed by atoms with Crippen LogP contribution in [0, 0.1) is 0 Å². The average Bonchev–Trinajstić information content (AvgIpc) is 3.03. The molecule has 0 radical (unpaired) electrons. The van der Waals surface area contributed by atoms with Gasteiger partial charge in [-0.25, -0.2) is 13.9 Å². The zero-order valence-corrected chi connectivity index (χ0v) is 11.5. The number of rotatable bonds is 5. The van der Waals surface area contributed by atoms with Gasteiger partial charge in [-0.1, -0.05) is 0 Å². The van der Waals surface area contributed by atoms with Gasteiger partial charge in [0.2, 0.25) is 0 Å². The molecule has 1 aliphatic heterocycles. The van der Waals surface area contributed by atoms with Crippen molar-refractivity contribution in [2.24, 2.45) is 5.73 Å². The third-order valence-electron chi connectivity index (χ3n) is 3.62. The highest BCUT2D eigenvalue weighted by atomic mass is 19.2. The highest BCUT2D eigenvalue weighted by Crippen LogP contribution is 2.40. The Kier molecular flexibility index (Phi) is 4.86. The maximum Gasteiger partial charge on any atom is 0.372 e. The van der Waals surface area contributed by atoms with Gasteiger partial charge in [0.1, 0.15) is 30.7 Å². The summed E-state index contributed by atoms with van der Waals surface area (Å²) in [6.07, 6.45) is -7.55. The Bertz CT molecular complexity index is 550. The molecule has 0 bridgehead atoms. The van der Waals surface area contributed by atoms with Crippen molar-refractivity contribution in [3.63, 3.8) is 0 Å². The van der Waals surface area contributed by atoms with Gasteiger partial charge >= 0.3 is 11.8 Å². The van der Waals surface area contributed by atoms with Crippen molar-refractivity contribution in [3.8, 4) is 0 Å². The minimum atomic E-state index is -3.85. The van der Waals surface area contributed by atoms with Gasteiger partial charge in [-0.3, -0.25) is 0 Å².